The zero-order valence-corrected chi connectivity index (χ0v) is 12.4. The SMILES string of the molecule is CN(Cc1ccc(F)cc1F)C1CC2CCC(C1)N2.Cl. The lowest BCUT2D eigenvalue weighted by molar-refractivity contribution is 0.164. The van der Waals surface area contributed by atoms with E-state index in [2.05, 4.69) is 10.2 Å². The number of fused-ring (bicyclic) bond motifs is 2. The van der Waals surface area contributed by atoms with Gasteiger partial charge in [0.2, 0.25) is 0 Å². The number of hydrogen-bond acceptors (Lipinski definition) is 2. The Morgan fingerprint density at radius 3 is 2.45 bits per heavy atom. The van der Waals surface area contributed by atoms with E-state index in [4.69, 9.17) is 0 Å². The smallest absolute Gasteiger partial charge is 0.130 e. The summed E-state index contributed by atoms with van der Waals surface area (Å²) >= 11 is 0. The minimum Gasteiger partial charge on any atom is -0.311 e. The van der Waals surface area contributed by atoms with Crippen LogP contribution in [0.1, 0.15) is 31.2 Å². The molecule has 2 saturated heterocycles. The van der Waals surface area contributed by atoms with Crippen molar-refractivity contribution in [3.8, 4) is 0 Å². The molecule has 1 aromatic carbocycles. The second kappa shape index (κ2) is 6.37. The number of nitrogens with one attached hydrogen (secondary N) is 1. The van der Waals surface area contributed by atoms with Crippen LogP contribution in [0.15, 0.2) is 18.2 Å². The van der Waals surface area contributed by atoms with Gasteiger partial charge >= 0.3 is 0 Å². The molecule has 0 radical (unpaired) electrons. The highest BCUT2D eigenvalue weighted by Crippen LogP contribution is 2.30. The highest BCUT2D eigenvalue weighted by atomic mass is 35.5. The Hall–Kier alpha value is -0.710. The highest BCUT2D eigenvalue weighted by molar-refractivity contribution is 5.85. The van der Waals surface area contributed by atoms with Crippen LogP contribution in [-0.4, -0.2) is 30.1 Å². The summed E-state index contributed by atoms with van der Waals surface area (Å²) in [5.41, 5.74) is 0.578. The average Bonchev–Trinajstić information content (AvgIpc) is 2.71. The number of hydrogen-bond donors (Lipinski definition) is 1. The summed E-state index contributed by atoms with van der Waals surface area (Å²) in [6.07, 6.45) is 4.80. The van der Waals surface area contributed by atoms with Gasteiger partial charge in [-0.3, -0.25) is 4.90 Å². The summed E-state index contributed by atoms with van der Waals surface area (Å²) in [6.45, 7) is 0.552. The Kier molecular flexibility index (Phi) is 4.99. The third-order valence-corrected chi connectivity index (χ3v) is 4.51. The molecule has 20 heavy (non-hydrogen) atoms. The lowest BCUT2D eigenvalue weighted by atomic mass is 9.98. The van der Waals surface area contributed by atoms with Crippen LogP contribution in [0.2, 0.25) is 0 Å². The van der Waals surface area contributed by atoms with Crippen LogP contribution in [0.4, 0.5) is 8.78 Å². The van der Waals surface area contributed by atoms with Gasteiger partial charge in [-0.25, -0.2) is 8.78 Å². The Labute approximate surface area is 124 Å². The molecule has 2 aliphatic rings. The first kappa shape index (κ1) is 15.7. The van der Waals surface area contributed by atoms with Crippen LogP contribution in [0.25, 0.3) is 0 Å². The molecular weight excluding hydrogens is 282 g/mol. The normalized spacial score (nSPS) is 28.5. The van der Waals surface area contributed by atoms with E-state index in [1.807, 2.05) is 7.05 Å². The Balaban J connectivity index is 0.00000147. The maximum atomic E-state index is 13.7. The van der Waals surface area contributed by atoms with E-state index in [-0.39, 0.29) is 12.4 Å². The molecule has 0 saturated carbocycles. The van der Waals surface area contributed by atoms with Crippen molar-refractivity contribution < 1.29 is 8.78 Å². The molecule has 5 heteroatoms. The molecule has 2 bridgehead atoms. The summed E-state index contributed by atoms with van der Waals surface area (Å²) in [6, 6.07) is 5.61. The van der Waals surface area contributed by atoms with Gasteiger partial charge in [-0.2, -0.15) is 0 Å². The van der Waals surface area contributed by atoms with Gasteiger partial charge < -0.3 is 5.32 Å². The van der Waals surface area contributed by atoms with Crippen LogP contribution >= 0.6 is 12.4 Å². The van der Waals surface area contributed by atoms with Gasteiger partial charge in [0.25, 0.3) is 0 Å². The standard InChI is InChI=1S/C15H20F2N2.ClH/c1-19(9-10-2-3-11(16)6-15(10)17)14-7-12-4-5-13(8-14)18-12;/h2-3,6,12-14,18H,4-5,7-9H2,1H3;1H. The van der Waals surface area contributed by atoms with Gasteiger partial charge in [0.15, 0.2) is 0 Å². The highest BCUT2D eigenvalue weighted by Gasteiger charge is 2.35. The maximum Gasteiger partial charge on any atom is 0.130 e. The topological polar surface area (TPSA) is 15.3 Å². The van der Waals surface area contributed by atoms with E-state index in [0.717, 1.165) is 18.9 Å². The molecule has 2 aliphatic heterocycles. The summed E-state index contributed by atoms with van der Waals surface area (Å²) in [5, 5.41) is 3.61. The van der Waals surface area contributed by atoms with Crippen molar-refractivity contribution in [1.29, 1.82) is 0 Å². The van der Waals surface area contributed by atoms with Crippen LogP contribution in [0.3, 0.4) is 0 Å². The number of piperidine rings is 1. The van der Waals surface area contributed by atoms with Crippen LogP contribution in [0, 0.1) is 11.6 Å². The van der Waals surface area contributed by atoms with Gasteiger partial charge in [0.05, 0.1) is 0 Å². The molecule has 2 atom stereocenters. The van der Waals surface area contributed by atoms with Crippen molar-refractivity contribution in [3.63, 3.8) is 0 Å². The van der Waals surface area contributed by atoms with Crippen molar-refractivity contribution in [3.05, 3.63) is 35.4 Å². The molecule has 112 valence electrons. The van der Waals surface area contributed by atoms with E-state index in [0.29, 0.717) is 30.2 Å². The predicted octanol–water partition coefficient (Wildman–Crippen LogP) is 3.10. The molecule has 0 spiro atoms. The van der Waals surface area contributed by atoms with Crippen molar-refractivity contribution in [2.45, 2.75) is 50.4 Å². The molecular formula is C15H21ClF2N2. The fourth-order valence-corrected chi connectivity index (χ4v) is 3.43. The third kappa shape index (κ3) is 3.30. The molecule has 2 unspecified atom stereocenters. The van der Waals surface area contributed by atoms with Gasteiger partial charge in [0, 0.05) is 36.3 Å². The van der Waals surface area contributed by atoms with Crippen molar-refractivity contribution in [2.24, 2.45) is 0 Å². The molecule has 0 aliphatic carbocycles. The van der Waals surface area contributed by atoms with Gasteiger partial charge in [-0.1, -0.05) is 6.07 Å². The second-order valence-electron chi connectivity index (χ2n) is 5.91. The van der Waals surface area contributed by atoms with E-state index in [1.54, 1.807) is 6.07 Å². The largest absolute Gasteiger partial charge is 0.311 e. The van der Waals surface area contributed by atoms with Crippen molar-refractivity contribution >= 4 is 12.4 Å². The van der Waals surface area contributed by atoms with Gasteiger partial charge in [-0.05, 0) is 38.8 Å². The zero-order chi connectivity index (χ0) is 13.4. The second-order valence-corrected chi connectivity index (χ2v) is 5.91. The Morgan fingerprint density at radius 2 is 1.85 bits per heavy atom. The van der Waals surface area contributed by atoms with Crippen LogP contribution in [0.5, 0.6) is 0 Å². The first-order valence-electron chi connectivity index (χ1n) is 7.02. The molecule has 0 aromatic heterocycles. The number of halogens is 3. The number of rotatable bonds is 3. The molecule has 2 fully saturated rings. The molecule has 3 rings (SSSR count). The summed E-state index contributed by atoms with van der Waals surface area (Å²) in [7, 11) is 2.04. The summed E-state index contributed by atoms with van der Waals surface area (Å²) < 4.78 is 26.6. The lowest BCUT2D eigenvalue weighted by Gasteiger charge is -2.35. The molecule has 2 nitrogen and oxygen atoms in total. The molecule has 2 heterocycles. The number of benzene rings is 1. The quantitative estimate of drug-likeness (QED) is 0.923. The third-order valence-electron chi connectivity index (χ3n) is 4.51. The average molecular weight is 303 g/mol. The number of nitrogens with zero attached hydrogens (tertiary/aromatic N) is 1. The van der Waals surface area contributed by atoms with E-state index >= 15 is 0 Å². The molecule has 0 amide bonds. The fraction of sp³-hybridized carbons (Fsp3) is 0.600. The summed E-state index contributed by atoms with van der Waals surface area (Å²) in [4.78, 5) is 2.21. The first-order chi connectivity index (χ1) is 9.11. The van der Waals surface area contributed by atoms with Gasteiger partial charge in [-0.15, -0.1) is 12.4 Å². The predicted molar refractivity (Wildman–Crippen MR) is 78.0 cm³/mol. The fourth-order valence-electron chi connectivity index (χ4n) is 3.43. The Morgan fingerprint density at radius 1 is 1.20 bits per heavy atom. The van der Waals surface area contributed by atoms with Crippen LogP contribution < -0.4 is 5.32 Å². The Bertz CT molecular complexity index is 457. The molecule has 1 N–H and O–H groups in total. The first-order valence-corrected chi connectivity index (χ1v) is 7.02. The maximum absolute atomic E-state index is 13.7. The zero-order valence-electron chi connectivity index (χ0n) is 11.6. The van der Waals surface area contributed by atoms with E-state index < -0.39 is 11.6 Å². The van der Waals surface area contributed by atoms with Crippen molar-refractivity contribution in [1.82, 2.24) is 10.2 Å². The van der Waals surface area contributed by atoms with Crippen LogP contribution in [-0.2, 0) is 6.54 Å². The van der Waals surface area contributed by atoms with E-state index in [1.165, 1.54) is 18.9 Å². The monoisotopic (exact) mass is 302 g/mol. The van der Waals surface area contributed by atoms with Gasteiger partial charge in [0.1, 0.15) is 11.6 Å². The van der Waals surface area contributed by atoms with Crippen molar-refractivity contribution in [2.75, 3.05) is 7.05 Å². The molecule has 1 aromatic rings. The lowest BCUT2D eigenvalue weighted by Crippen LogP contribution is -2.46. The minimum atomic E-state index is -0.510. The minimum absolute atomic E-state index is 0. The summed E-state index contributed by atoms with van der Waals surface area (Å²) in [5.74, 6) is -0.951. The van der Waals surface area contributed by atoms with E-state index in [9.17, 15) is 8.78 Å².